The average molecular weight is 294 g/mol. The third-order valence-electron chi connectivity index (χ3n) is 4.74. The summed E-state index contributed by atoms with van der Waals surface area (Å²) in [6.07, 6.45) is 2.21. The van der Waals surface area contributed by atoms with Crippen LogP contribution in [0.25, 0.3) is 21.8 Å². The molecule has 0 spiro atoms. The Balaban J connectivity index is 1.69. The van der Waals surface area contributed by atoms with E-state index >= 15 is 0 Å². The average Bonchev–Trinajstić information content (AvgIpc) is 3.15. The van der Waals surface area contributed by atoms with Gasteiger partial charge in [-0.1, -0.05) is 36.4 Å². The molecule has 2 heterocycles. The Hall–Kier alpha value is -1.84. The zero-order valence-electron chi connectivity index (χ0n) is 12.8. The van der Waals surface area contributed by atoms with Crippen molar-refractivity contribution in [1.29, 1.82) is 0 Å². The Morgan fingerprint density at radius 2 is 1.36 bits per heavy atom. The van der Waals surface area contributed by atoms with Crippen LogP contribution in [-0.4, -0.2) is 40.3 Å². The highest BCUT2D eigenvalue weighted by Crippen LogP contribution is 2.28. The van der Waals surface area contributed by atoms with E-state index in [0.29, 0.717) is 6.54 Å². The van der Waals surface area contributed by atoms with Crippen LogP contribution in [0.5, 0.6) is 0 Å². The number of hydrogen-bond acceptors (Lipinski definition) is 2. The second-order valence-electron chi connectivity index (χ2n) is 6.31. The van der Waals surface area contributed by atoms with Gasteiger partial charge in [-0.3, -0.25) is 0 Å². The third kappa shape index (κ3) is 2.40. The van der Waals surface area contributed by atoms with Crippen LogP contribution in [0.1, 0.15) is 12.8 Å². The van der Waals surface area contributed by atoms with E-state index in [9.17, 15) is 5.11 Å². The first-order valence-corrected chi connectivity index (χ1v) is 8.19. The van der Waals surface area contributed by atoms with Crippen molar-refractivity contribution in [2.75, 3.05) is 19.6 Å². The van der Waals surface area contributed by atoms with E-state index in [4.69, 9.17) is 0 Å². The number of hydrogen-bond donors (Lipinski definition) is 1. The highest BCUT2D eigenvalue weighted by molar-refractivity contribution is 6.07. The minimum absolute atomic E-state index is 0.322. The summed E-state index contributed by atoms with van der Waals surface area (Å²) in [7, 11) is 0. The summed E-state index contributed by atoms with van der Waals surface area (Å²) >= 11 is 0. The van der Waals surface area contributed by atoms with Crippen LogP contribution in [0.4, 0.5) is 0 Å². The molecule has 2 aromatic carbocycles. The van der Waals surface area contributed by atoms with Crippen molar-refractivity contribution < 1.29 is 5.11 Å². The van der Waals surface area contributed by atoms with Gasteiger partial charge in [0.1, 0.15) is 0 Å². The van der Waals surface area contributed by atoms with Crippen molar-refractivity contribution in [3.8, 4) is 0 Å². The van der Waals surface area contributed by atoms with E-state index in [0.717, 1.165) is 19.6 Å². The highest BCUT2D eigenvalue weighted by atomic mass is 16.3. The Morgan fingerprint density at radius 1 is 0.818 bits per heavy atom. The van der Waals surface area contributed by atoms with Crippen LogP contribution in [0, 0.1) is 0 Å². The number of rotatable bonds is 4. The molecule has 1 aromatic heterocycles. The van der Waals surface area contributed by atoms with Gasteiger partial charge in [-0.15, -0.1) is 0 Å². The van der Waals surface area contributed by atoms with Crippen LogP contribution < -0.4 is 0 Å². The number of aliphatic hydroxyl groups is 1. The molecule has 114 valence electrons. The maximum Gasteiger partial charge on any atom is 0.0845 e. The minimum atomic E-state index is -0.322. The molecule has 3 heteroatoms. The maximum absolute atomic E-state index is 10.5. The molecule has 0 bridgehead atoms. The molecule has 1 N–H and O–H groups in total. The van der Waals surface area contributed by atoms with Gasteiger partial charge in [0.25, 0.3) is 0 Å². The van der Waals surface area contributed by atoms with Crippen molar-refractivity contribution in [2.45, 2.75) is 25.5 Å². The molecule has 3 nitrogen and oxygen atoms in total. The lowest BCUT2D eigenvalue weighted by atomic mass is 10.2. The predicted molar refractivity (Wildman–Crippen MR) is 91.1 cm³/mol. The maximum atomic E-state index is 10.5. The van der Waals surface area contributed by atoms with Crippen LogP contribution in [0.3, 0.4) is 0 Å². The van der Waals surface area contributed by atoms with Gasteiger partial charge in [0.2, 0.25) is 0 Å². The van der Waals surface area contributed by atoms with E-state index in [2.05, 4.69) is 58.0 Å². The molecule has 4 rings (SSSR count). The molecule has 22 heavy (non-hydrogen) atoms. The molecule has 0 saturated carbocycles. The number of nitrogens with zero attached hydrogens (tertiary/aromatic N) is 2. The van der Waals surface area contributed by atoms with Gasteiger partial charge in [0.05, 0.1) is 12.6 Å². The summed E-state index contributed by atoms with van der Waals surface area (Å²) < 4.78 is 2.27. The van der Waals surface area contributed by atoms with E-state index in [1.54, 1.807) is 0 Å². The van der Waals surface area contributed by atoms with Gasteiger partial charge in [-0.2, -0.15) is 0 Å². The van der Waals surface area contributed by atoms with E-state index < -0.39 is 0 Å². The summed E-state index contributed by atoms with van der Waals surface area (Å²) in [6.45, 7) is 3.69. The highest BCUT2D eigenvalue weighted by Gasteiger charge is 2.18. The fourth-order valence-corrected chi connectivity index (χ4v) is 3.73. The molecule has 0 radical (unpaired) electrons. The summed E-state index contributed by atoms with van der Waals surface area (Å²) in [4.78, 5) is 2.37. The number of benzene rings is 2. The summed E-state index contributed by atoms with van der Waals surface area (Å²) in [5.41, 5.74) is 2.42. The Morgan fingerprint density at radius 3 is 1.95 bits per heavy atom. The van der Waals surface area contributed by atoms with E-state index in [1.807, 2.05) is 0 Å². The Kier molecular flexibility index (Phi) is 3.60. The van der Waals surface area contributed by atoms with Crippen molar-refractivity contribution in [3.63, 3.8) is 0 Å². The molecular weight excluding hydrogens is 272 g/mol. The lowest BCUT2D eigenvalue weighted by Gasteiger charge is -2.20. The monoisotopic (exact) mass is 294 g/mol. The number of likely N-dealkylation sites (tertiary alicyclic amines) is 1. The standard InChI is InChI=1S/C19H22N2O/c22-15(13-20-11-5-6-12-20)14-21-18-9-3-1-7-16(18)17-8-2-4-10-19(17)21/h1-4,7-10,15,22H,5-6,11-14H2/t15-/m0/s1. The van der Waals surface area contributed by atoms with Gasteiger partial charge in [0.15, 0.2) is 0 Å². The molecule has 0 aliphatic carbocycles. The zero-order valence-corrected chi connectivity index (χ0v) is 12.8. The third-order valence-corrected chi connectivity index (χ3v) is 4.74. The molecule has 1 aliphatic rings. The fourth-order valence-electron chi connectivity index (χ4n) is 3.73. The van der Waals surface area contributed by atoms with Gasteiger partial charge in [-0.25, -0.2) is 0 Å². The molecular formula is C19H22N2O. The van der Waals surface area contributed by atoms with Crippen LogP contribution in [-0.2, 0) is 6.54 Å². The number of aliphatic hydroxyl groups excluding tert-OH is 1. The normalized spacial score (nSPS) is 17.5. The van der Waals surface area contributed by atoms with Crippen molar-refractivity contribution in [2.24, 2.45) is 0 Å². The lowest BCUT2D eigenvalue weighted by Crippen LogP contribution is -2.32. The molecule has 1 saturated heterocycles. The molecule has 1 aliphatic heterocycles. The SMILES string of the molecule is O[C@@H](CN1CCCC1)Cn1c2ccccc2c2ccccc21. The number of fused-ring (bicyclic) bond motifs is 3. The van der Waals surface area contributed by atoms with Gasteiger partial charge >= 0.3 is 0 Å². The number of β-amino-alcohol motifs (C(OH)–C–C–N with tert-alkyl or cyclic N) is 1. The van der Waals surface area contributed by atoms with Gasteiger partial charge in [-0.05, 0) is 38.1 Å². The minimum Gasteiger partial charge on any atom is -0.390 e. The first-order valence-electron chi connectivity index (χ1n) is 8.19. The smallest absolute Gasteiger partial charge is 0.0845 e. The fraction of sp³-hybridized carbons (Fsp3) is 0.368. The summed E-state index contributed by atoms with van der Waals surface area (Å²) in [6, 6.07) is 17.0. The summed E-state index contributed by atoms with van der Waals surface area (Å²) in [5, 5.41) is 13.1. The molecule has 0 unspecified atom stereocenters. The van der Waals surface area contributed by atoms with Crippen molar-refractivity contribution in [1.82, 2.24) is 9.47 Å². The van der Waals surface area contributed by atoms with Crippen LogP contribution in [0.2, 0.25) is 0 Å². The first kappa shape index (κ1) is 13.8. The molecule has 1 fully saturated rings. The second-order valence-corrected chi connectivity index (χ2v) is 6.31. The Labute approximate surface area is 130 Å². The van der Waals surface area contributed by atoms with Gasteiger partial charge < -0.3 is 14.6 Å². The number of aromatic nitrogens is 1. The zero-order chi connectivity index (χ0) is 14.9. The Bertz CT molecular complexity index is 733. The number of para-hydroxylation sites is 2. The first-order chi connectivity index (χ1) is 10.8. The van der Waals surface area contributed by atoms with Crippen molar-refractivity contribution in [3.05, 3.63) is 48.5 Å². The van der Waals surface area contributed by atoms with Crippen molar-refractivity contribution >= 4 is 21.8 Å². The van der Waals surface area contributed by atoms with E-state index in [1.165, 1.54) is 34.6 Å². The molecule has 3 aromatic rings. The largest absolute Gasteiger partial charge is 0.390 e. The predicted octanol–water partition coefficient (Wildman–Crippen LogP) is 3.25. The van der Waals surface area contributed by atoms with Gasteiger partial charge in [0, 0.05) is 28.4 Å². The second kappa shape index (κ2) is 5.75. The summed E-state index contributed by atoms with van der Waals surface area (Å²) in [5.74, 6) is 0. The quantitative estimate of drug-likeness (QED) is 0.800. The van der Waals surface area contributed by atoms with Crippen LogP contribution >= 0.6 is 0 Å². The molecule has 0 amide bonds. The lowest BCUT2D eigenvalue weighted by molar-refractivity contribution is 0.111. The van der Waals surface area contributed by atoms with E-state index in [-0.39, 0.29) is 6.10 Å². The molecule has 1 atom stereocenters. The topological polar surface area (TPSA) is 28.4 Å². The van der Waals surface area contributed by atoms with Crippen LogP contribution in [0.15, 0.2) is 48.5 Å².